The number of amides is 1. The van der Waals surface area contributed by atoms with Crippen LogP contribution in [-0.2, 0) is 10.2 Å². The molecular weight excluding hydrogens is 374 g/mol. The lowest BCUT2D eigenvalue weighted by Crippen LogP contribution is -2.13. The van der Waals surface area contributed by atoms with E-state index in [1.165, 1.54) is 17.3 Å². The van der Waals surface area contributed by atoms with Crippen LogP contribution in [0.1, 0.15) is 26.3 Å². The number of ether oxygens (including phenoxy) is 1. The first kappa shape index (κ1) is 19.9. The number of nitrogens with one attached hydrogen (secondary N) is 1. The summed E-state index contributed by atoms with van der Waals surface area (Å²) in [6.45, 7) is 6.50. The van der Waals surface area contributed by atoms with Crippen LogP contribution in [0.25, 0.3) is 11.5 Å². The highest BCUT2D eigenvalue weighted by molar-refractivity contribution is 7.99. The van der Waals surface area contributed by atoms with Crippen LogP contribution < -0.4 is 10.1 Å². The standard InChI is InChI=1S/C21H23N3O3S/c1-21(2,3)15-10-8-14(9-11-15)19-23-24-20(27-19)28-13-18(25)22-16-6-5-7-17(12-16)26-4/h5-12H,13H2,1-4H3,(H,22,25). The van der Waals surface area contributed by atoms with Gasteiger partial charge in [-0.25, -0.2) is 0 Å². The topological polar surface area (TPSA) is 77.2 Å². The van der Waals surface area contributed by atoms with Crippen LogP contribution in [-0.4, -0.2) is 29.0 Å². The van der Waals surface area contributed by atoms with E-state index in [0.717, 1.165) is 5.56 Å². The van der Waals surface area contributed by atoms with Crippen LogP contribution in [0.4, 0.5) is 5.69 Å². The van der Waals surface area contributed by atoms with Crippen molar-refractivity contribution in [3.05, 3.63) is 54.1 Å². The fourth-order valence-electron chi connectivity index (χ4n) is 2.52. The monoisotopic (exact) mass is 397 g/mol. The third-order valence-electron chi connectivity index (χ3n) is 4.08. The molecule has 2 aromatic carbocycles. The minimum Gasteiger partial charge on any atom is -0.497 e. The highest BCUT2D eigenvalue weighted by Gasteiger charge is 2.15. The maximum absolute atomic E-state index is 12.1. The zero-order valence-electron chi connectivity index (χ0n) is 16.4. The number of aromatic nitrogens is 2. The third kappa shape index (κ3) is 5.13. The predicted molar refractivity (Wildman–Crippen MR) is 111 cm³/mol. The molecule has 0 aliphatic heterocycles. The number of hydrogen-bond donors (Lipinski definition) is 1. The number of anilines is 1. The van der Waals surface area contributed by atoms with Gasteiger partial charge >= 0.3 is 0 Å². The number of methoxy groups -OCH3 is 1. The summed E-state index contributed by atoms with van der Waals surface area (Å²) in [6, 6.07) is 15.3. The van der Waals surface area contributed by atoms with Gasteiger partial charge in [0.05, 0.1) is 12.9 Å². The SMILES string of the molecule is COc1cccc(NC(=O)CSc2nnc(-c3ccc(C(C)(C)C)cc3)o2)c1. The van der Waals surface area contributed by atoms with E-state index in [4.69, 9.17) is 9.15 Å². The van der Waals surface area contributed by atoms with E-state index in [2.05, 4.69) is 48.4 Å². The lowest BCUT2D eigenvalue weighted by molar-refractivity contribution is -0.113. The molecule has 1 aromatic heterocycles. The average Bonchev–Trinajstić information content (AvgIpc) is 3.15. The molecule has 1 heterocycles. The molecule has 0 spiro atoms. The van der Waals surface area contributed by atoms with Crippen LogP contribution >= 0.6 is 11.8 Å². The van der Waals surface area contributed by atoms with E-state index in [9.17, 15) is 4.79 Å². The summed E-state index contributed by atoms with van der Waals surface area (Å²) in [7, 11) is 1.58. The number of rotatable bonds is 6. The first-order valence-corrected chi connectivity index (χ1v) is 9.85. The van der Waals surface area contributed by atoms with E-state index in [-0.39, 0.29) is 17.1 Å². The van der Waals surface area contributed by atoms with Crippen LogP contribution in [0.5, 0.6) is 5.75 Å². The largest absolute Gasteiger partial charge is 0.497 e. The molecule has 1 N–H and O–H groups in total. The van der Waals surface area contributed by atoms with E-state index in [1.54, 1.807) is 19.2 Å². The minimum absolute atomic E-state index is 0.0878. The van der Waals surface area contributed by atoms with Crippen molar-refractivity contribution < 1.29 is 13.9 Å². The quantitative estimate of drug-likeness (QED) is 0.604. The second-order valence-corrected chi connectivity index (χ2v) is 8.20. The first-order chi connectivity index (χ1) is 13.3. The van der Waals surface area contributed by atoms with Gasteiger partial charge in [0.25, 0.3) is 5.22 Å². The predicted octanol–water partition coefficient (Wildman–Crippen LogP) is 4.77. The fraction of sp³-hybridized carbons (Fsp3) is 0.286. The molecule has 0 bridgehead atoms. The van der Waals surface area contributed by atoms with Gasteiger partial charge in [-0.1, -0.05) is 50.7 Å². The molecule has 1 amide bonds. The highest BCUT2D eigenvalue weighted by atomic mass is 32.2. The van der Waals surface area contributed by atoms with Crippen molar-refractivity contribution in [2.75, 3.05) is 18.2 Å². The van der Waals surface area contributed by atoms with Gasteiger partial charge in [0.15, 0.2) is 0 Å². The van der Waals surface area contributed by atoms with E-state index >= 15 is 0 Å². The zero-order valence-corrected chi connectivity index (χ0v) is 17.2. The Labute approximate surface area is 168 Å². The van der Waals surface area contributed by atoms with Gasteiger partial charge in [0.1, 0.15) is 5.75 Å². The van der Waals surface area contributed by atoms with Crippen molar-refractivity contribution in [2.24, 2.45) is 0 Å². The Balaban J connectivity index is 1.57. The molecule has 3 aromatic rings. The Hall–Kier alpha value is -2.80. The van der Waals surface area contributed by atoms with Crippen molar-refractivity contribution in [2.45, 2.75) is 31.4 Å². The molecule has 0 radical (unpaired) electrons. The van der Waals surface area contributed by atoms with Gasteiger partial charge in [-0.05, 0) is 35.2 Å². The molecule has 7 heteroatoms. The van der Waals surface area contributed by atoms with Gasteiger partial charge in [-0.15, -0.1) is 10.2 Å². The summed E-state index contributed by atoms with van der Waals surface area (Å²) in [4.78, 5) is 12.1. The first-order valence-electron chi connectivity index (χ1n) is 8.86. The van der Waals surface area contributed by atoms with Crippen LogP contribution in [0.15, 0.2) is 58.2 Å². The highest BCUT2D eigenvalue weighted by Crippen LogP contribution is 2.27. The lowest BCUT2D eigenvalue weighted by Gasteiger charge is -2.18. The molecule has 0 saturated carbocycles. The minimum atomic E-state index is -0.160. The zero-order chi connectivity index (χ0) is 20.1. The van der Waals surface area contributed by atoms with Gasteiger partial charge in [-0.2, -0.15) is 0 Å². The molecule has 146 valence electrons. The molecule has 0 aliphatic carbocycles. The molecule has 0 saturated heterocycles. The Morgan fingerprint density at radius 1 is 1.14 bits per heavy atom. The second-order valence-electron chi connectivity index (χ2n) is 7.27. The maximum atomic E-state index is 12.1. The Morgan fingerprint density at radius 2 is 1.89 bits per heavy atom. The smallest absolute Gasteiger partial charge is 0.277 e. The Bertz CT molecular complexity index is 946. The molecule has 0 fully saturated rings. The Kier molecular flexibility index (Phi) is 6.04. The average molecular weight is 398 g/mol. The van der Waals surface area contributed by atoms with E-state index < -0.39 is 0 Å². The number of benzene rings is 2. The molecule has 28 heavy (non-hydrogen) atoms. The van der Waals surface area contributed by atoms with Gasteiger partial charge in [-0.3, -0.25) is 4.79 Å². The molecule has 6 nitrogen and oxygen atoms in total. The van der Waals surface area contributed by atoms with Crippen LogP contribution in [0.2, 0.25) is 0 Å². The van der Waals surface area contributed by atoms with Gasteiger partial charge in [0, 0.05) is 17.3 Å². The summed E-state index contributed by atoms with van der Waals surface area (Å²) in [6.07, 6.45) is 0. The van der Waals surface area contributed by atoms with Crippen molar-refractivity contribution in [3.63, 3.8) is 0 Å². The third-order valence-corrected chi connectivity index (χ3v) is 4.90. The summed E-state index contributed by atoms with van der Waals surface area (Å²) < 4.78 is 10.8. The number of carbonyl (C=O) groups excluding carboxylic acids is 1. The number of carbonyl (C=O) groups is 1. The van der Waals surface area contributed by atoms with E-state index in [0.29, 0.717) is 22.6 Å². The normalized spacial score (nSPS) is 11.3. The van der Waals surface area contributed by atoms with Gasteiger partial charge < -0.3 is 14.5 Å². The molecular formula is C21H23N3O3S. The summed E-state index contributed by atoms with van der Waals surface area (Å²) >= 11 is 1.20. The number of nitrogens with zero attached hydrogens (tertiary/aromatic N) is 2. The van der Waals surface area contributed by atoms with Crippen molar-refractivity contribution in [3.8, 4) is 17.2 Å². The maximum Gasteiger partial charge on any atom is 0.277 e. The number of thioether (sulfide) groups is 1. The molecule has 0 unspecified atom stereocenters. The molecule has 0 aliphatic rings. The van der Waals surface area contributed by atoms with Crippen LogP contribution in [0, 0.1) is 0 Å². The molecule has 0 atom stereocenters. The van der Waals surface area contributed by atoms with Crippen molar-refractivity contribution in [1.82, 2.24) is 10.2 Å². The van der Waals surface area contributed by atoms with Crippen molar-refractivity contribution >= 4 is 23.4 Å². The van der Waals surface area contributed by atoms with Gasteiger partial charge in [0.2, 0.25) is 11.8 Å². The molecule has 3 rings (SSSR count). The number of hydrogen-bond acceptors (Lipinski definition) is 6. The lowest BCUT2D eigenvalue weighted by atomic mass is 9.87. The van der Waals surface area contributed by atoms with E-state index in [1.807, 2.05) is 24.3 Å². The van der Waals surface area contributed by atoms with Crippen molar-refractivity contribution in [1.29, 1.82) is 0 Å². The second kappa shape index (κ2) is 8.48. The fourth-order valence-corrected chi connectivity index (χ4v) is 3.09. The summed E-state index contributed by atoms with van der Waals surface area (Å²) in [5.41, 5.74) is 2.85. The summed E-state index contributed by atoms with van der Waals surface area (Å²) in [5.74, 6) is 1.13. The Morgan fingerprint density at radius 3 is 2.57 bits per heavy atom. The van der Waals surface area contributed by atoms with Crippen LogP contribution in [0.3, 0.4) is 0 Å². The summed E-state index contributed by atoms with van der Waals surface area (Å²) in [5, 5.41) is 11.3.